The summed E-state index contributed by atoms with van der Waals surface area (Å²) >= 11 is 1.69. The van der Waals surface area contributed by atoms with E-state index in [0.717, 1.165) is 42.0 Å². The summed E-state index contributed by atoms with van der Waals surface area (Å²) < 4.78 is 6.07. The minimum atomic E-state index is -0.557. The van der Waals surface area contributed by atoms with Crippen LogP contribution < -0.4 is 15.4 Å². The van der Waals surface area contributed by atoms with Gasteiger partial charge in [0.2, 0.25) is 0 Å². The number of amides is 1. The summed E-state index contributed by atoms with van der Waals surface area (Å²) in [4.78, 5) is 28.9. The van der Waals surface area contributed by atoms with E-state index in [1.54, 1.807) is 36.0 Å². The molecule has 8 heteroatoms. The van der Waals surface area contributed by atoms with Gasteiger partial charge in [0.15, 0.2) is 0 Å². The molecule has 31 heavy (non-hydrogen) atoms. The van der Waals surface area contributed by atoms with E-state index in [4.69, 9.17) is 10.5 Å². The molecule has 1 fully saturated rings. The van der Waals surface area contributed by atoms with Crippen LogP contribution in [0.3, 0.4) is 0 Å². The average molecular weight is 432 g/mol. The number of hydrogen-bond donors (Lipinski definition) is 1. The highest BCUT2D eigenvalue weighted by molar-refractivity contribution is 7.21. The number of benzene rings is 1. The fourth-order valence-electron chi connectivity index (χ4n) is 3.84. The average Bonchev–Trinajstić information content (AvgIpc) is 3.25. The molecule has 1 aliphatic heterocycles. The Morgan fingerprint density at radius 3 is 2.65 bits per heavy atom. The number of ether oxygens (including phenoxy) is 1. The van der Waals surface area contributed by atoms with Crippen LogP contribution in [0.25, 0.3) is 20.7 Å². The summed E-state index contributed by atoms with van der Waals surface area (Å²) in [6, 6.07) is 15.9. The maximum absolute atomic E-state index is 11.3. The maximum Gasteiger partial charge on any atom is 0.267 e. The number of nitrogens with zero attached hydrogens (tertiary/aromatic N) is 4. The highest BCUT2D eigenvalue weighted by atomic mass is 32.1. The van der Waals surface area contributed by atoms with E-state index >= 15 is 0 Å². The number of carbonyl (C=O) groups excluding carboxylic acids is 1. The Kier molecular flexibility index (Phi) is 5.21. The summed E-state index contributed by atoms with van der Waals surface area (Å²) in [6.45, 7) is 1.67. The number of anilines is 1. The molecule has 0 spiro atoms. The zero-order chi connectivity index (χ0) is 21.2. The molecule has 0 radical (unpaired) electrons. The number of rotatable bonds is 5. The first-order valence-corrected chi connectivity index (χ1v) is 11.0. The molecule has 1 aliphatic rings. The largest absolute Gasteiger partial charge is 0.490 e. The van der Waals surface area contributed by atoms with Crippen LogP contribution in [0.2, 0.25) is 0 Å². The zero-order valence-corrected chi connectivity index (χ0v) is 17.6. The van der Waals surface area contributed by atoms with E-state index in [-0.39, 0.29) is 11.8 Å². The molecule has 5 rings (SSSR count). The molecule has 2 N–H and O–H groups in total. The highest BCUT2D eigenvalue weighted by Crippen LogP contribution is 2.36. The summed E-state index contributed by atoms with van der Waals surface area (Å²) in [6.07, 6.45) is 4.97. The SMILES string of the molecule is NC(=O)c1cc(OC2CCN(c3ncnc4sc(-c5ccccc5)cc34)CC2)ccn1. The first-order valence-electron chi connectivity index (χ1n) is 10.1. The molecular weight excluding hydrogens is 410 g/mol. The van der Waals surface area contributed by atoms with Gasteiger partial charge in [-0.3, -0.25) is 9.78 Å². The van der Waals surface area contributed by atoms with Gasteiger partial charge in [-0.2, -0.15) is 0 Å². The molecule has 1 aromatic carbocycles. The van der Waals surface area contributed by atoms with Crippen LogP contribution in [-0.4, -0.2) is 40.1 Å². The molecule has 3 aromatic heterocycles. The normalized spacial score (nSPS) is 14.6. The lowest BCUT2D eigenvalue weighted by molar-refractivity contribution is 0.0994. The molecule has 4 aromatic rings. The van der Waals surface area contributed by atoms with Gasteiger partial charge in [-0.1, -0.05) is 30.3 Å². The van der Waals surface area contributed by atoms with Crippen LogP contribution in [-0.2, 0) is 0 Å². The first kappa shape index (κ1) is 19.4. The van der Waals surface area contributed by atoms with Crippen molar-refractivity contribution in [2.24, 2.45) is 5.73 Å². The Labute approximate surface area is 183 Å². The molecular formula is C23H21N5O2S. The van der Waals surface area contributed by atoms with E-state index in [9.17, 15) is 4.79 Å². The standard InChI is InChI=1S/C23H21N5O2S/c24-21(29)19-12-17(6-9-25-19)30-16-7-10-28(11-8-16)22-18-13-20(15-4-2-1-3-5-15)31-23(18)27-14-26-22/h1-6,9,12-14,16H,7-8,10-11H2,(H2,24,29). The van der Waals surface area contributed by atoms with Gasteiger partial charge in [0, 0.05) is 43.1 Å². The van der Waals surface area contributed by atoms with Gasteiger partial charge in [0.1, 0.15) is 34.5 Å². The number of primary amides is 1. The molecule has 1 amide bonds. The van der Waals surface area contributed by atoms with Crippen LogP contribution in [0.15, 0.2) is 61.1 Å². The number of thiophene rings is 1. The number of hydrogen-bond acceptors (Lipinski definition) is 7. The fourth-order valence-corrected chi connectivity index (χ4v) is 4.84. The third kappa shape index (κ3) is 4.06. The van der Waals surface area contributed by atoms with E-state index in [1.807, 2.05) is 18.2 Å². The molecule has 156 valence electrons. The minimum absolute atomic E-state index is 0.0686. The molecule has 4 heterocycles. The Morgan fingerprint density at radius 2 is 1.87 bits per heavy atom. The van der Waals surface area contributed by atoms with E-state index in [2.05, 4.69) is 38.1 Å². The number of carbonyl (C=O) groups is 1. The number of piperidine rings is 1. The van der Waals surface area contributed by atoms with Gasteiger partial charge in [0.25, 0.3) is 5.91 Å². The summed E-state index contributed by atoms with van der Waals surface area (Å²) in [5.41, 5.74) is 6.71. The Morgan fingerprint density at radius 1 is 1.06 bits per heavy atom. The smallest absolute Gasteiger partial charge is 0.267 e. The fraction of sp³-hybridized carbons (Fsp3) is 0.217. The second-order valence-electron chi connectivity index (χ2n) is 7.44. The summed E-state index contributed by atoms with van der Waals surface area (Å²) in [5, 5.41) is 1.09. The van der Waals surface area contributed by atoms with Crippen LogP contribution >= 0.6 is 11.3 Å². The predicted molar refractivity (Wildman–Crippen MR) is 121 cm³/mol. The monoisotopic (exact) mass is 431 g/mol. The zero-order valence-electron chi connectivity index (χ0n) is 16.8. The maximum atomic E-state index is 11.3. The van der Waals surface area contributed by atoms with Crippen molar-refractivity contribution < 1.29 is 9.53 Å². The van der Waals surface area contributed by atoms with Crippen molar-refractivity contribution >= 4 is 33.3 Å². The van der Waals surface area contributed by atoms with Crippen molar-refractivity contribution in [3.8, 4) is 16.2 Å². The minimum Gasteiger partial charge on any atom is -0.490 e. The first-order chi connectivity index (χ1) is 15.2. The van der Waals surface area contributed by atoms with Gasteiger partial charge in [-0.05, 0) is 17.7 Å². The molecule has 0 unspecified atom stereocenters. The number of nitrogens with two attached hydrogens (primary N) is 1. The van der Waals surface area contributed by atoms with Crippen molar-refractivity contribution in [1.29, 1.82) is 0 Å². The van der Waals surface area contributed by atoms with Gasteiger partial charge in [0.05, 0.1) is 5.39 Å². The Hall–Kier alpha value is -3.52. The molecule has 0 bridgehead atoms. The van der Waals surface area contributed by atoms with Crippen molar-refractivity contribution in [1.82, 2.24) is 15.0 Å². The van der Waals surface area contributed by atoms with Crippen LogP contribution in [0.1, 0.15) is 23.3 Å². The van der Waals surface area contributed by atoms with Crippen molar-refractivity contribution in [2.45, 2.75) is 18.9 Å². The van der Waals surface area contributed by atoms with Gasteiger partial charge in [-0.25, -0.2) is 9.97 Å². The number of pyridine rings is 1. The summed E-state index contributed by atoms with van der Waals surface area (Å²) in [5.74, 6) is 1.04. The molecule has 7 nitrogen and oxygen atoms in total. The number of fused-ring (bicyclic) bond motifs is 1. The quantitative estimate of drug-likeness (QED) is 0.515. The molecule has 1 saturated heterocycles. The van der Waals surface area contributed by atoms with Crippen LogP contribution in [0, 0.1) is 0 Å². The Bertz CT molecular complexity index is 1220. The molecule has 0 saturated carbocycles. The predicted octanol–water partition coefficient (Wildman–Crippen LogP) is 3.90. The van der Waals surface area contributed by atoms with Crippen molar-refractivity contribution in [3.63, 3.8) is 0 Å². The van der Waals surface area contributed by atoms with E-state index in [0.29, 0.717) is 5.75 Å². The molecule has 0 aliphatic carbocycles. The lowest BCUT2D eigenvalue weighted by atomic mass is 10.1. The third-order valence-electron chi connectivity index (χ3n) is 5.39. The second-order valence-corrected chi connectivity index (χ2v) is 8.47. The van der Waals surface area contributed by atoms with Gasteiger partial charge in [-0.15, -0.1) is 11.3 Å². The van der Waals surface area contributed by atoms with Gasteiger partial charge < -0.3 is 15.4 Å². The molecule has 0 atom stereocenters. The van der Waals surface area contributed by atoms with Crippen molar-refractivity contribution in [2.75, 3.05) is 18.0 Å². The number of aromatic nitrogens is 3. The van der Waals surface area contributed by atoms with Gasteiger partial charge >= 0.3 is 0 Å². The Balaban J connectivity index is 1.31. The van der Waals surface area contributed by atoms with Crippen LogP contribution in [0.5, 0.6) is 5.75 Å². The van der Waals surface area contributed by atoms with E-state index in [1.165, 1.54) is 10.4 Å². The van der Waals surface area contributed by atoms with Crippen molar-refractivity contribution in [3.05, 3.63) is 66.7 Å². The van der Waals surface area contributed by atoms with E-state index < -0.39 is 5.91 Å². The highest BCUT2D eigenvalue weighted by Gasteiger charge is 2.24. The lowest BCUT2D eigenvalue weighted by Crippen LogP contribution is -2.38. The van der Waals surface area contributed by atoms with Crippen LogP contribution in [0.4, 0.5) is 5.82 Å². The topological polar surface area (TPSA) is 94.2 Å². The third-order valence-corrected chi connectivity index (χ3v) is 6.49. The lowest BCUT2D eigenvalue weighted by Gasteiger charge is -2.33. The summed E-state index contributed by atoms with van der Waals surface area (Å²) in [7, 11) is 0. The second kappa shape index (κ2) is 8.31.